The number of rotatable bonds is 11. The summed E-state index contributed by atoms with van der Waals surface area (Å²) in [5, 5.41) is 9.84. The predicted molar refractivity (Wildman–Crippen MR) is 256 cm³/mol. The van der Waals surface area contributed by atoms with E-state index in [0.29, 0.717) is 5.92 Å². The maximum absolute atomic E-state index is 12.2. The maximum Gasteiger partial charge on any atom is 0.157 e. The Morgan fingerprint density at radius 1 is 0.814 bits per heavy atom. The molecular weight excluding hydrogens is 917 g/mol. The van der Waals surface area contributed by atoms with Crippen molar-refractivity contribution in [2.45, 2.75) is 178 Å². The summed E-state index contributed by atoms with van der Waals surface area (Å²) in [7, 11) is 0. The van der Waals surface area contributed by atoms with Gasteiger partial charge in [-0.2, -0.15) is 5.70 Å². The van der Waals surface area contributed by atoms with Crippen LogP contribution in [0, 0.1) is 23.3 Å². The van der Waals surface area contributed by atoms with Gasteiger partial charge in [0.2, 0.25) is 0 Å². The number of nitrogens with zero attached hydrogens (tertiary/aromatic N) is 2. The molecule has 5 aromatic rings. The van der Waals surface area contributed by atoms with Crippen molar-refractivity contribution >= 4 is 48.1 Å². The number of allylic oxidation sites excluding steroid dienone is 2. The Kier molecular flexibility index (Phi) is 15.8. The third-order valence-corrected chi connectivity index (χ3v) is 13.8. The summed E-state index contributed by atoms with van der Waals surface area (Å²) in [6, 6.07) is 19.9. The van der Waals surface area contributed by atoms with Gasteiger partial charge < -0.3 is 5.32 Å². The molecule has 0 spiro atoms. The standard InChI is InChI=1S/C38H44NS.C16H31NO.Ir/c1-35(2,3)22-25-20-28-27-15-18-39-32(24-19-23-13-11-12-14-26(23)29(21-24)36(4,5)6)34(27)40-33(28)31-30(25)37(7,8)16-17-38(31,9)10;1-7-13(8-2)15(17-12(5)6)11-16(18)14(9-3)10-4;/h11-15,18,20-21H,16-17,22H2,1-10H3;11-14H,7-10H2,1-6H3,(H,17,18);/q-1;;/p-1. The molecule has 5 heteroatoms. The van der Waals surface area contributed by atoms with Gasteiger partial charge >= 0.3 is 0 Å². The van der Waals surface area contributed by atoms with Gasteiger partial charge in [-0.3, -0.25) is 9.78 Å². The van der Waals surface area contributed by atoms with Crippen molar-refractivity contribution in [2.24, 2.45) is 17.3 Å². The van der Waals surface area contributed by atoms with E-state index in [4.69, 9.17) is 4.98 Å². The van der Waals surface area contributed by atoms with Crippen molar-refractivity contribution in [3.63, 3.8) is 0 Å². The number of hydrogen-bond donors (Lipinski definition) is 0. The number of benzene rings is 3. The number of carbonyl (C=O) groups is 1. The van der Waals surface area contributed by atoms with Crippen molar-refractivity contribution in [3.05, 3.63) is 94.1 Å². The molecule has 2 heterocycles. The monoisotopic (exact) mass is 992 g/mol. The van der Waals surface area contributed by atoms with Gasteiger partial charge in [-0.1, -0.05) is 153 Å². The Bertz CT molecular complexity index is 2270. The van der Waals surface area contributed by atoms with E-state index in [2.05, 4.69) is 165 Å². The zero-order valence-corrected chi connectivity index (χ0v) is 42.6. The summed E-state index contributed by atoms with van der Waals surface area (Å²) < 4.78 is 2.75. The molecule has 0 N–H and O–H groups in total. The van der Waals surface area contributed by atoms with Crippen LogP contribution in [-0.2, 0) is 47.6 Å². The summed E-state index contributed by atoms with van der Waals surface area (Å²) in [6.45, 7) is 36.5. The van der Waals surface area contributed by atoms with Crippen LogP contribution in [0.3, 0.4) is 0 Å². The Morgan fingerprint density at radius 2 is 1.41 bits per heavy atom. The first kappa shape index (κ1) is 48.8. The molecule has 3 nitrogen and oxygen atoms in total. The van der Waals surface area contributed by atoms with E-state index in [1.807, 2.05) is 23.6 Å². The van der Waals surface area contributed by atoms with Crippen LogP contribution < -0.4 is 0 Å². The Hall–Kier alpha value is -2.85. The van der Waals surface area contributed by atoms with Gasteiger partial charge in [0.25, 0.3) is 0 Å². The molecule has 59 heavy (non-hydrogen) atoms. The molecule has 0 unspecified atom stereocenters. The second-order valence-electron chi connectivity index (χ2n) is 20.9. The van der Waals surface area contributed by atoms with E-state index in [1.165, 1.54) is 49.5 Å². The molecule has 1 aliphatic rings. The molecule has 0 fully saturated rings. The molecule has 323 valence electrons. The number of ketones is 1. The van der Waals surface area contributed by atoms with E-state index in [-0.39, 0.29) is 59.5 Å². The number of carbonyl (C=O) groups excluding carboxylic acids is 1. The summed E-state index contributed by atoms with van der Waals surface area (Å²) in [5.74, 6) is 0.841. The third kappa shape index (κ3) is 10.8. The number of thiophene rings is 1. The molecule has 1 radical (unpaired) electrons. The van der Waals surface area contributed by atoms with Gasteiger partial charge in [-0.05, 0) is 100.0 Å². The minimum absolute atomic E-state index is 0. The molecule has 2 aromatic heterocycles. The first-order chi connectivity index (χ1) is 27.1. The zero-order chi connectivity index (χ0) is 43.0. The minimum atomic E-state index is 0. The molecule has 0 bridgehead atoms. The predicted octanol–water partition coefficient (Wildman–Crippen LogP) is 16.4. The first-order valence-electron chi connectivity index (χ1n) is 22.4. The van der Waals surface area contributed by atoms with Crippen molar-refractivity contribution < 1.29 is 24.9 Å². The Balaban J connectivity index is 0.000000345. The van der Waals surface area contributed by atoms with E-state index in [1.54, 1.807) is 11.1 Å². The van der Waals surface area contributed by atoms with Gasteiger partial charge in [0.15, 0.2) is 5.78 Å². The van der Waals surface area contributed by atoms with Gasteiger partial charge in [-0.25, -0.2) is 0 Å². The van der Waals surface area contributed by atoms with E-state index in [9.17, 15) is 4.79 Å². The molecule has 6 rings (SSSR count). The molecule has 0 aliphatic heterocycles. The van der Waals surface area contributed by atoms with Crippen LogP contribution in [0.25, 0.3) is 47.5 Å². The summed E-state index contributed by atoms with van der Waals surface area (Å²) >= 11 is 1.96. The van der Waals surface area contributed by atoms with E-state index >= 15 is 0 Å². The zero-order valence-electron chi connectivity index (χ0n) is 39.4. The summed E-state index contributed by atoms with van der Waals surface area (Å²) in [5.41, 5.74) is 9.82. The van der Waals surface area contributed by atoms with Gasteiger partial charge in [0, 0.05) is 52.7 Å². The van der Waals surface area contributed by atoms with Crippen molar-refractivity contribution in [2.75, 3.05) is 0 Å². The summed E-state index contributed by atoms with van der Waals surface area (Å²) in [6.07, 6.45) is 11.3. The first-order valence-corrected chi connectivity index (χ1v) is 23.2. The number of pyridine rings is 1. The fourth-order valence-electron chi connectivity index (χ4n) is 9.29. The Labute approximate surface area is 376 Å². The minimum Gasteiger partial charge on any atom is -0.685 e. The molecule has 3 aromatic carbocycles. The Morgan fingerprint density at radius 3 is 1.97 bits per heavy atom. The quantitative estimate of drug-likeness (QED) is 0.0978. The SMILES string of the molecule is CC(C)(C)Cc1cc2c(sc3c(-c4[c-]c5ccccc5c(C(C)(C)C)c4)nccc32)c2c1C(C)(C)CCC2(C)C.CCC(CC)C(=O)/C=C(\[N-]C(C)C)C(CC)CC.[Ir]. The van der Waals surface area contributed by atoms with Crippen LogP contribution in [0.1, 0.15) is 172 Å². The van der Waals surface area contributed by atoms with Gasteiger partial charge in [0.1, 0.15) is 0 Å². The van der Waals surface area contributed by atoms with E-state index in [0.717, 1.165) is 54.4 Å². The van der Waals surface area contributed by atoms with Crippen molar-refractivity contribution in [1.29, 1.82) is 0 Å². The van der Waals surface area contributed by atoms with E-state index < -0.39 is 0 Å². The van der Waals surface area contributed by atoms with Gasteiger partial charge in [0.05, 0.1) is 0 Å². The van der Waals surface area contributed by atoms with Crippen LogP contribution in [0.5, 0.6) is 0 Å². The van der Waals surface area contributed by atoms with Crippen LogP contribution in [0.15, 0.2) is 60.4 Å². The fourth-order valence-corrected chi connectivity index (χ4v) is 10.8. The molecular formula is C54H74IrN2OS-2. The van der Waals surface area contributed by atoms with Gasteiger partial charge in [-0.15, -0.1) is 46.5 Å². The number of fused-ring (bicyclic) bond motifs is 6. The largest absolute Gasteiger partial charge is 0.685 e. The van der Waals surface area contributed by atoms with Crippen LogP contribution in [-0.4, -0.2) is 16.8 Å². The normalized spacial score (nSPS) is 15.4. The molecule has 1 aliphatic carbocycles. The number of aromatic nitrogens is 1. The maximum atomic E-state index is 12.2. The van der Waals surface area contributed by atoms with Crippen LogP contribution in [0.4, 0.5) is 0 Å². The molecule has 0 saturated heterocycles. The molecule has 0 saturated carbocycles. The summed E-state index contributed by atoms with van der Waals surface area (Å²) in [4.78, 5) is 17.2. The smallest absolute Gasteiger partial charge is 0.157 e. The average molecular weight is 991 g/mol. The third-order valence-electron chi connectivity index (χ3n) is 12.5. The average Bonchev–Trinajstić information content (AvgIpc) is 3.51. The fraction of sp³-hybridized carbons (Fsp3) is 0.556. The van der Waals surface area contributed by atoms with Crippen LogP contribution >= 0.6 is 11.3 Å². The molecule has 0 amide bonds. The molecule has 0 atom stereocenters. The second kappa shape index (κ2) is 19.0. The van der Waals surface area contributed by atoms with Crippen molar-refractivity contribution in [3.8, 4) is 11.3 Å². The van der Waals surface area contributed by atoms with Crippen LogP contribution in [0.2, 0.25) is 0 Å². The second-order valence-corrected chi connectivity index (χ2v) is 21.9. The van der Waals surface area contributed by atoms with Crippen molar-refractivity contribution in [1.82, 2.24) is 4.98 Å². The number of hydrogen-bond acceptors (Lipinski definition) is 3. The topological polar surface area (TPSA) is 44.1 Å².